The third-order valence-electron chi connectivity index (χ3n) is 11.0. The van der Waals surface area contributed by atoms with Crippen LogP contribution in [0, 0.1) is 28.6 Å². The molecule has 1 aromatic rings. The average Bonchev–Trinajstić information content (AvgIpc) is 3.29. The molecule has 3 N–H and O–H groups in total. The zero-order valence-electron chi connectivity index (χ0n) is 24.8. The lowest BCUT2D eigenvalue weighted by Gasteiger charge is -2.57. The van der Waals surface area contributed by atoms with Gasteiger partial charge < -0.3 is 25.0 Å². The summed E-state index contributed by atoms with van der Waals surface area (Å²) in [6.45, 7) is 4.63. The van der Waals surface area contributed by atoms with Crippen LogP contribution in [0.4, 0.5) is 0 Å². The third-order valence-corrected chi connectivity index (χ3v) is 11.0. The van der Waals surface area contributed by atoms with Crippen molar-refractivity contribution >= 4 is 23.6 Å². The highest BCUT2D eigenvalue weighted by Crippen LogP contribution is 2.65. The van der Waals surface area contributed by atoms with Crippen molar-refractivity contribution in [2.45, 2.75) is 96.6 Å². The maximum atomic E-state index is 12.9. The van der Waals surface area contributed by atoms with Gasteiger partial charge >= 0.3 is 11.9 Å². The van der Waals surface area contributed by atoms with Gasteiger partial charge in [0.15, 0.2) is 17.3 Å². The van der Waals surface area contributed by atoms with Gasteiger partial charge in [0.2, 0.25) is 5.91 Å². The average molecular weight is 582 g/mol. The second-order valence-corrected chi connectivity index (χ2v) is 13.2. The number of allylic oxidation sites excluding steroid dienone is 1. The van der Waals surface area contributed by atoms with Gasteiger partial charge in [0.05, 0.1) is 13.5 Å². The van der Waals surface area contributed by atoms with Crippen LogP contribution < -0.4 is 5.32 Å². The van der Waals surface area contributed by atoms with Crippen LogP contribution in [-0.4, -0.2) is 53.1 Å². The number of esters is 2. The predicted octanol–water partition coefficient (Wildman–Crippen LogP) is 4.52. The molecule has 0 unspecified atom stereocenters. The van der Waals surface area contributed by atoms with E-state index in [4.69, 9.17) is 9.47 Å². The Labute approximate surface area is 247 Å². The Morgan fingerprint density at radius 3 is 2.52 bits per heavy atom. The molecule has 228 valence electrons. The molecule has 9 nitrogen and oxygen atoms in total. The zero-order valence-corrected chi connectivity index (χ0v) is 24.8. The number of benzene rings is 1. The number of nitrogens with one attached hydrogen (secondary N) is 1. The summed E-state index contributed by atoms with van der Waals surface area (Å²) < 4.78 is 10.9. The van der Waals surface area contributed by atoms with Crippen LogP contribution in [-0.2, 0) is 35.1 Å². The Morgan fingerprint density at radius 2 is 1.79 bits per heavy atom. The number of ketones is 1. The first-order valence-electron chi connectivity index (χ1n) is 15.3. The number of phenols is 2. The fourth-order valence-electron chi connectivity index (χ4n) is 8.67. The normalized spacial score (nSPS) is 32.5. The summed E-state index contributed by atoms with van der Waals surface area (Å²) in [5, 5.41) is 21.9. The van der Waals surface area contributed by atoms with Crippen LogP contribution in [0.15, 0.2) is 29.8 Å². The van der Waals surface area contributed by atoms with E-state index in [1.165, 1.54) is 30.9 Å². The minimum atomic E-state index is -1.01. The molecule has 3 saturated carbocycles. The van der Waals surface area contributed by atoms with E-state index in [1.807, 2.05) is 6.08 Å². The maximum Gasteiger partial charge on any atom is 0.328 e. The minimum Gasteiger partial charge on any atom is -0.504 e. The topological polar surface area (TPSA) is 139 Å². The molecule has 42 heavy (non-hydrogen) atoms. The lowest BCUT2D eigenvalue weighted by atomic mass is 9.47. The van der Waals surface area contributed by atoms with Crippen LogP contribution in [0.5, 0.6) is 11.5 Å². The monoisotopic (exact) mass is 581 g/mol. The largest absolute Gasteiger partial charge is 0.504 e. The van der Waals surface area contributed by atoms with Gasteiger partial charge in [-0.3, -0.25) is 14.4 Å². The summed E-state index contributed by atoms with van der Waals surface area (Å²) in [6.07, 6.45) is 9.13. The number of phenolic OH excluding ortho intramolecular Hbond substituents is 2. The van der Waals surface area contributed by atoms with Crippen LogP contribution in [0.3, 0.4) is 0 Å². The van der Waals surface area contributed by atoms with E-state index in [2.05, 4.69) is 19.2 Å². The summed E-state index contributed by atoms with van der Waals surface area (Å²) >= 11 is 0. The number of ether oxygens (including phenoxy) is 2. The molecular weight excluding hydrogens is 538 g/mol. The highest BCUT2D eigenvalue weighted by Gasteiger charge is 2.60. The maximum absolute atomic E-state index is 12.9. The number of carbonyl (C=O) groups excluding carboxylic acids is 4. The van der Waals surface area contributed by atoms with E-state index in [0.29, 0.717) is 29.7 Å². The lowest BCUT2D eigenvalue weighted by molar-refractivity contribution is -0.160. The SMILES string of the molecule is COC(=O)[C@H](Cc1ccc(O)c(O)c1)NC(=O)CCC(=O)O[C@@H]1CC[C@H]2[C@@H]3CCC4=CC(=O)CC[C@]4(C)[C@H]3CC[C@]12C. The van der Waals surface area contributed by atoms with Gasteiger partial charge in [-0.25, -0.2) is 4.79 Å². The first-order chi connectivity index (χ1) is 19.9. The van der Waals surface area contributed by atoms with Gasteiger partial charge in [0, 0.05) is 24.7 Å². The molecule has 1 aromatic carbocycles. The number of hydrogen-bond donors (Lipinski definition) is 3. The Balaban J connectivity index is 1.15. The lowest BCUT2D eigenvalue weighted by Crippen LogP contribution is -2.51. The molecule has 0 aromatic heterocycles. The molecule has 0 saturated heterocycles. The fourth-order valence-corrected chi connectivity index (χ4v) is 8.67. The first-order valence-corrected chi connectivity index (χ1v) is 15.3. The van der Waals surface area contributed by atoms with Crippen LogP contribution in [0.25, 0.3) is 0 Å². The minimum absolute atomic E-state index is 0.0489. The summed E-state index contributed by atoms with van der Waals surface area (Å²) in [5.41, 5.74) is 1.88. The third kappa shape index (κ3) is 5.66. The number of rotatable bonds is 8. The number of amides is 1. The van der Waals surface area contributed by atoms with E-state index in [9.17, 15) is 29.4 Å². The molecule has 7 atom stereocenters. The van der Waals surface area contributed by atoms with Crippen molar-refractivity contribution in [1.29, 1.82) is 0 Å². The summed E-state index contributed by atoms with van der Waals surface area (Å²) in [7, 11) is 1.22. The van der Waals surface area contributed by atoms with E-state index >= 15 is 0 Å². The molecule has 3 fully saturated rings. The number of hydrogen-bond acceptors (Lipinski definition) is 8. The van der Waals surface area contributed by atoms with Gasteiger partial charge in [-0.2, -0.15) is 0 Å². The number of carbonyl (C=O) groups is 4. The van der Waals surface area contributed by atoms with E-state index in [1.54, 1.807) is 0 Å². The van der Waals surface area contributed by atoms with Crippen LogP contribution in [0.1, 0.15) is 83.6 Å². The van der Waals surface area contributed by atoms with Crippen molar-refractivity contribution < 1.29 is 38.9 Å². The molecule has 9 heteroatoms. The van der Waals surface area contributed by atoms with Gasteiger partial charge in [-0.1, -0.05) is 25.5 Å². The second-order valence-electron chi connectivity index (χ2n) is 13.2. The number of aromatic hydroxyl groups is 2. The molecular formula is C33H43NO8. The Morgan fingerprint density at radius 1 is 1.00 bits per heavy atom. The number of methoxy groups -OCH3 is 1. The molecule has 4 aliphatic rings. The smallest absolute Gasteiger partial charge is 0.328 e. The molecule has 0 aliphatic heterocycles. The molecule has 0 heterocycles. The number of fused-ring (bicyclic) bond motifs is 5. The quantitative estimate of drug-likeness (QED) is 0.301. The van der Waals surface area contributed by atoms with Crippen molar-refractivity contribution in [1.82, 2.24) is 5.32 Å². The Bertz CT molecular complexity index is 1290. The Hall–Kier alpha value is -3.36. The zero-order chi connectivity index (χ0) is 30.2. The van der Waals surface area contributed by atoms with E-state index in [-0.39, 0.29) is 53.5 Å². The van der Waals surface area contributed by atoms with Crippen LogP contribution >= 0.6 is 0 Å². The highest BCUT2D eigenvalue weighted by molar-refractivity contribution is 5.91. The Kier molecular flexibility index (Phi) is 8.41. The first kappa shape index (κ1) is 30.1. The molecule has 0 radical (unpaired) electrons. The van der Waals surface area contributed by atoms with Crippen molar-refractivity contribution in [2.24, 2.45) is 28.6 Å². The van der Waals surface area contributed by atoms with Crippen molar-refractivity contribution in [3.05, 3.63) is 35.4 Å². The van der Waals surface area contributed by atoms with Gasteiger partial charge in [0.25, 0.3) is 0 Å². The standard InChI is InChI=1S/C33H43NO8/c1-32-14-12-21(35)18-20(32)5-6-22-23-7-9-28(33(23,2)15-13-24(22)32)42-30(39)11-10-29(38)34-25(31(40)41-3)16-19-4-8-26(36)27(37)17-19/h4,8,17-18,22-25,28,36-37H,5-7,9-16H2,1-3H3,(H,34,38)/t22-,23-,24-,25-,28+,32-,33-/m0/s1. The highest BCUT2D eigenvalue weighted by atomic mass is 16.5. The fraction of sp³-hybridized carbons (Fsp3) is 0.636. The van der Waals surface area contributed by atoms with Gasteiger partial charge in [-0.15, -0.1) is 0 Å². The molecule has 0 spiro atoms. The summed E-state index contributed by atoms with van der Waals surface area (Å²) in [4.78, 5) is 50.0. The summed E-state index contributed by atoms with van der Waals surface area (Å²) in [5.74, 6) is -0.281. The molecule has 5 rings (SSSR count). The van der Waals surface area contributed by atoms with Gasteiger partial charge in [-0.05, 0) is 91.9 Å². The summed E-state index contributed by atoms with van der Waals surface area (Å²) in [6, 6.07) is 3.15. The van der Waals surface area contributed by atoms with E-state index in [0.717, 1.165) is 44.9 Å². The predicted molar refractivity (Wildman–Crippen MR) is 153 cm³/mol. The molecule has 1 amide bonds. The van der Waals surface area contributed by atoms with Crippen molar-refractivity contribution in [3.8, 4) is 11.5 Å². The van der Waals surface area contributed by atoms with Gasteiger partial charge in [0.1, 0.15) is 12.1 Å². The van der Waals surface area contributed by atoms with Crippen LogP contribution in [0.2, 0.25) is 0 Å². The van der Waals surface area contributed by atoms with E-state index < -0.39 is 23.9 Å². The second kappa shape index (κ2) is 11.7. The molecule has 4 aliphatic carbocycles. The van der Waals surface area contributed by atoms with Crippen molar-refractivity contribution in [3.63, 3.8) is 0 Å². The van der Waals surface area contributed by atoms with Crippen molar-refractivity contribution in [2.75, 3.05) is 7.11 Å². The molecule has 0 bridgehead atoms.